The van der Waals surface area contributed by atoms with Crippen LogP contribution in [0.5, 0.6) is 0 Å². The van der Waals surface area contributed by atoms with E-state index in [-0.39, 0.29) is 11.8 Å². The summed E-state index contributed by atoms with van der Waals surface area (Å²) in [6.45, 7) is 5.20. The number of amides is 1. The topological polar surface area (TPSA) is 44.4 Å². The highest BCUT2D eigenvalue weighted by Gasteiger charge is 2.47. The number of hydrogen-bond acceptors (Lipinski definition) is 3. The molecule has 1 aliphatic carbocycles. The molecule has 1 saturated carbocycles. The minimum Gasteiger partial charge on any atom is -0.371 e. The lowest BCUT2D eigenvalue weighted by atomic mass is 9.92. The first-order valence-corrected chi connectivity index (χ1v) is 10.1. The maximum Gasteiger partial charge on any atom is 0.223 e. The molecular weight excluding hydrogens is 310 g/mol. The van der Waals surface area contributed by atoms with Gasteiger partial charge in [-0.1, -0.05) is 18.2 Å². The van der Waals surface area contributed by atoms with Crippen LogP contribution in [-0.4, -0.2) is 32.1 Å². The number of rotatable bonds is 5. The molecule has 4 rings (SSSR count). The molecule has 0 unspecified atom stereocenters. The molecule has 136 valence electrons. The van der Waals surface area contributed by atoms with Crippen LogP contribution in [0.4, 0.5) is 5.69 Å². The highest BCUT2D eigenvalue weighted by Crippen LogP contribution is 2.47. The van der Waals surface area contributed by atoms with Gasteiger partial charge in [-0.3, -0.25) is 4.79 Å². The van der Waals surface area contributed by atoms with Gasteiger partial charge in [-0.05, 0) is 75.1 Å². The van der Waals surface area contributed by atoms with Crippen LogP contribution >= 0.6 is 0 Å². The molecule has 1 aromatic rings. The van der Waals surface area contributed by atoms with Crippen LogP contribution < -0.4 is 15.5 Å². The fourth-order valence-corrected chi connectivity index (χ4v) is 4.73. The minimum absolute atomic E-state index is 0.269. The first kappa shape index (κ1) is 16.9. The third-order valence-electron chi connectivity index (χ3n) is 6.31. The van der Waals surface area contributed by atoms with Crippen molar-refractivity contribution in [3.63, 3.8) is 0 Å². The molecule has 25 heavy (non-hydrogen) atoms. The Morgan fingerprint density at radius 1 is 1.12 bits per heavy atom. The molecule has 2 N–H and O–H groups in total. The summed E-state index contributed by atoms with van der Waals surface area (Å²) in [6, 6.07) is 8.58. The molecule has 2 heterocycles. The van der Waals surface area contributed by atoms with Crippen LogP contribution in [0.25, 0.3) is 0 Å². The number of piperidine rings is 2. The summed E-state index contributed by atoms with van der Waals surface area (Å²) < 4.78 is 0. The second-order valence-electron chi connectivity index (χ2n) is 7.99. The molecule has 3 aliphatic rings. The zero-order valence-electron chi connectivity index (χ0n) is 15.2. The van der Waals surface area contributed by atoms with E-state index < -0.39 is 0 Å². The van der Waals surface area contributed by atoms with Gasteiger partial charge in [0.25, 0.3) is 0 Å². The van der Waals surface area contributed by atoms with Crippen LogP contribution in [0.3, 0.4) is 0 Å². The fourth-order valence-electron chi connectivity index (χ4n) is 4.73. The standard InChI is InChI=1S/C21H31N3O/c25-21(19-14-18(19)16-8-10-22-11-9-16)23-15-17-6-2-3-7-20(17)24-12-4-1-5-13-24/h2-3,6-7,16,18-19,22H,1,4-5,8-15H2,(H,23,25)/t18-,19+/m0/s1. The van der Waals surface area contributed by atoms with Gasteiger partial charge in [0.05, 0.1) is 0 Å². The van der Waals surface area contributed by atoms with Gasteiger partial charge >= 0.3 is 0 Å². The van der Waals surface area contributed by atoms with Crippen LogP contribution in [0.1, 0.15) is 44.1 Å². The summed E-state index contributed by atoms with van der Waals surface area (Å²) in [7, 11) is 0. The molecule has 2 saturated heterocycles. The summed E-state index contributed by atoms with van der Waals surface area (Å²) in [5.41, 5.74) is 2.57. The second-order valence-corrected chi connectivity index (χ2v) is 7.99. The number of carbonyl (C=O) groups is 1. The first-order valence-electron chi connectivity index (χ1n) is 10.1. The van der Waals surface area contributed by atoms with E-state index in [9.17, 15) is 4.79 Å². The Balaban J connectivity index is 1.32. The van der Waals surface area contributed by atoms with Gasteiger partial charge < -0.3 is 15.5 Å². The van der Waals surface area contributed by atoms with Crippen LogP contribution in [0.15, 0.2) is 24.3 Å². The molecule has 2 aliphatic heterocycles. The number of para-hydroxylation sites is 1. The number of nitrogens with one attached hydrogen (secondary N) is 2. The van der Waals surface area contributed by atoms with Gasteiger partial charge in [-0.15, -0.1) is 0 Å². The lowest BCUT2D eigenvalue weighted by molar-refractivity contribution is -0.123. The quantitative estimate of drug-likeness (QED) is 0.865. The van der Waals surface area contributed by atoms with Gasteiger partial charge in [0.1, 0.15) is 0 Å². The zero-order chi connectivity index (χ0) is 17.1. The Morgan fingerprint density at radius 2 is 1.88 bits per heavy atom. The average Bonchev–Trinajstić information content (AvgIpc) is 3.49. The van der Waals surface area contributed by atoms with Crippen molar-refractivity contribution in [1.82, 2.24) is 10.6 Å². The SMILES string of the molecule is O=C(NCc1ccccc1N1CCCCC1)[C@@H]1C[C@H]1C1CCNCC1. The molecule has 1 aromatic carbocycles. The van der Waals surface area contributed by atoms with Gasteiger partial charge in [-0.25, -0.2) is 0 Å². The van der Waals surface area contributed by atoms with Crippen molar-refractivity contribution in [2.45, 2.75) is 45.1 Å². The van der Waals surface area contributed by atoms with Crippen LogP contribution in [0.2, 0.25) is 0 Å². The Kier molecular flexibility index (Phi) is 5.25. The Bertz CT molecular complexity index is 591. The molecule has 4 nitrogen and oxygen atoms in total. The maximum atomic E-state index is 12.6. The van der Waals surface area contributed by atoms with Crippen molar-refractivity contribution in [3.8, 4) is 0 Å². The zero-order valence-corrected chi connectivity index (χ0v) is 15.2. The second kappa shape index (κ2) is 7.77. The first-order chi connectivity index (χ1) is 12.3. The van der Waals surface area contributed by atoms with Crippen molar-refractivity contribution in [1.29, 1.82) is 0 Å². The van der Waals surface area contributed by atoms with Gasteiger partial charge in [0.2, 0.25) is 5.91 Å². The third-order valence-corrected chi connectivity index (χ3v) is 6.31. The molecule has 0 radical (unpaired) electrons. The third kappa shape index (κ3) is 4.00. The number of anilines is 1. The largest absolute Gasteiger partial charge is 0.371 e. The lowest BCUT2D eigenvalue weighted by Crippen LogP contribution is -2.32. The Hall–Kier alpha value is -1.55. The Labute approximate surface area is 151 Å². The maximum absolute atomic E-state index is 12.6. The number of benzene rings is 1. The molecular formula is C21H31N3O. The highest BCUT2D eigenvalue weighted by molar-refractivity contribution is 5.81. The number of hydrogen-bond donors (Lipinski definition) is 2. The monoisotopic (exact) mass is 341 g/mol. The fraction of sp³-hybridized carbons (Fsp3) is 0.667. The van der Waals surface area contributed by atoms with E-state index in [1.807, 2.05) is 0 Å². The lowest BCUT2D eigenvalue weighted by Gasteiger charge is -2.30. The van der Waals surface area contributed by atoms with Crippen LogP contribution in [-0.2, 0) is 11.3 Å². The van der Waals surface area contributed by atoms with E-state index >= 15 is 0 Å². The van der Waals surface area contributed by atoms with Crippen molar-refractivity contribution in [2.24, 2.45) is 17.8 Å². The Morgan fingerprint density at radius 3 is 2.68 bits per heavy atom. The normalized spacial score (nSPS) is 27.1. The molecule has 0 aromatic heterocycles. The van der Waals surface area contributed by atoms with E-state index in [2.05, 4.69) is 39.8 Å². The van der Waals surface area contributed by atoms with Gasteiger partial charge in [0.15, 0.2) is 0 Å². The molecule has 2 atom stereocenters. The highest BCUT2D eigenvalue weighted by atomic mass is 16.2. The van der Waals surface area contributed by atoms with E-state index in [0.29, 0.717) is 12.5 Å². The molecule has 3 fully saturated rings. The van der Waals surface area contributed by atoms with Crippen molar-refractivity contribution in [2.75, 3.05) is 31.1 Å². The summed E-state index contributed by atoms with van der Waals surface area (Å²) >= 11 is 0. The summed E-state index contributed by atoms with van der Waals surface area (Å²) in [6.07, 6.45) is 7.49. The summed E-state index contributed by atoms with van der Waals surface area (Å²) in [4.78, 5) is 15.1. The van der Waals surface area contributed by atoms with E-state index in [1.165, 1.54) is 43.4 Å². The predicted molar refractivity (Wildman–Crippen MR) is 102 cm³/mol. The van der Waals surface area contributed by atoms with Crippen molar-refractivity contribution in [3.05, 3.63) is 29.8 Å². The predicted octanol–water partition coefficient (Wildman–Crippen LogP) is 2.93. The molecule has 0 spiro atoms. The van der Waals surface area contributed by atoms with E-state index in [1.54, 1.807) is 0 Å². The minimum atomic E-state index is 0.269. The van der Waals surface area contributed by atoms with Crippen molar-refractivity contribution >= 4 is 11.6 Å². The van der Waals surface area contributed by atoms with Crippen LogP contribution in [0, 0.1) is 17.8 Å². The van der Waals surface area contributed by atoms with Gasteiger partial charge in [-0.2, -0.15) is 0 Å². The average molecular weight is 341 g/mol. The molecule has 4 heteroatoms. The summed E-state index contributed by atoms with van der Waals surface area (Å²) in [5, 5.41) is 6.65. The smallest absolute Gasteiger partial charge is 0.223 e. The van der Waals surface area contributed by atoms with E-state index in [0.717, 1.165) is 38.5 Å². The van der Waals surface area contributed by atoms with Gasteiger partial charge in [0, 0.05) is 31.2 Å². The van der Waals surface area contributed by atoms with Crippen molar-refractivity contribution < 1.29 is 4.79 Å². The number of carbonyl (C=O) groups excluding carboxylic acids is 1. The van der Waals surface area contributed by atoms with E-state index in [4.69, 9.17) is 0 Å². The number of nitrogens with zero attached hydrogens (tertiary/aromatic N) is 1. The molecule has 0 bridgehead atoms. The summed E-state index contributed by atoms with van der Waals surface area (Å²) in [5.74, 6) is 1.94. The molecule has 1 amide bonds.